The van der Waals surface area contributed by atoms with Crippen LogP contribution in [0.5, 0.6) is 5.75 Å². The Kier molecular flexibility index (Phi) is 4.99. The van der Waals surface area contributed by atoms with Crippen LogP contribution in [0.25, 0.3) is 0 Å². The summed E-state index contributed by atoms with van der Waals surface area (Å²) in [7, 11) is 1.64. The van der Waals surface area contributed by atoms with Gasteiger partial charge in [-0.3, -0.25) is 4.79 Å². The Morgan fingerprint density at radius 3 is 2.75 bits per heavy atom. The highest BCUT2D eigenvalue weighted by molar-refractivity contribution is 5.83. The molecule has 0 heterocycles. The van der Waals surface area contributed by atoms with Gasteiger partial charge < -0.3 is 10.5 Å². The third kappa shape index (κ3) is 3.35. The summed E-state index contributed by atoms with van der Waals surface area (Å²) in [4.78, 5) is 11.6. The number of ether oxygens (including phenoxy) is 1. The molecule has 0 saturated heterocycles. The zero-order chi connectivity index (χ0) is 12.0. The van der Waals surface area contributed by atoms with Crippen LogP contribution in [0.1, 0.15) is 25.3 Å². The molecule has 88 valence electrons. The Balaban J connectivity index is 2.57. The van der Waals surface area contributed by atoms with Crippen molar-refractivity contribution < 1.29 is 9.53 Å². The number of aryl methyl sites for hydroxylation is 1. The van der Waals surface area contributed by atoms with E-state index in [4.69, 9.17) is 10.5 Å². The molecule has 0 radical (unpaired) electrons. The Labute approximate surface area is 96.6 Å². The van der Waals surface area contributed by atoms with Crippen molar-refractivity contribution in [1.82, 2.24) is 0 Å². The summed E-state index contributed by atoms with van der Waals surface area (Å²) < 4.78 is 5.22. The van der Waals surface area contributed by atoms with E-state index < -0.39 is 0 Å². The highest BCUT2D eigenvalue weighted by Crippen LogP contribution is 2.19. The lowest BCUT2D eigenvalue weighted by molar-refractivity contribution is -0.120. The first-order valence-electron chi connectivity index (χ1n) is 5.59. The Morgan fingerprint density at radius 1 is 1.44 bits per heavy atom. The van der Waals surface area contributed by atoms with Crippen molar-refractivity contribution in [3.05, 3.63) is 29.8 Å². The Hall–Kier alpha value is -1.35. The van der Waals surface area contributed by atoms with Crippen LogP contribution in [0.3, 0.4) is 0 Å². The molecule has 1 rings (SSSR count). The molecule has 2 N–H and O–H groups in total. The van der Waals surface area contributed by atoms with Crippen molar-refractivity contribution in [2.75, 3.05) is 7.11 Å². The molecule has 1 aromatic carbocycles. The van der Waals surface area contributed by atoms with Gasteiger partial charge in [0.05, 0.1) is 13.2 Å². The normalized spacial score (nSPS) is 12.2. The van der Waals surface area contributed by atoms with Crippen molar-refractivity contribution in [3.8, 4) is 5.75 Å². The molecule has 0 aliphatic carbocycles. The second kappa shape index (κ2) is 6.28. The maximum Gasteiger partial charge on any atom is 0.149 e. The number of benzene rings is 1. The Morgan fingerprint density at radius 2 is 2.12 bits per heavy atom. The van der Waals surface area contributed by atoms with Gasteiger partial charge in [-0.25, -0.2) is 0 Å². The molecule has 0 aromatic heterocycles. The molecule has 0 amide bonds. The average Bonchev–Trinajstić information content (AvgIpc) is 2.35. The van der Waals surface area contributed by atoms with Crippen molar-refractivity contribution in [2.45, 2.75) is 32.2 Å². The lowest BCUT2D eigenvalue weighted by Gasteiger charge is -2.09. The van der Waals surface area contributed by atoms with E-state index in [2.05, 4.69) is 0 Å². The first-order valence-corrected chi connectivity index (χ1v) is 5.59. The molecule has 3 nitrogen and oxygen atoms in total. The van der Waals surface area contributed by atoms with E-state index in [-0.39, 0.29) is 11.8 Å². The molecule has 16 heavy (non-hydrogen) atoms. The number of ketones is 1. The fraction of sp³-hybridized carbons (Fsp3) is 0.462. The third-order valence-corrected chi connectivity index (χ3v) is 2.69. The first kappa shape index (κ1) is 12.7. The highest BCUT2D eigenvalue weighted by atomic mass is 16.5. The van der Waals surface area contributed by atoms with E-state index in [1.165, 1.54) is 0 Å². The third-order valence-electron chi connectivity index (χ3n) is 2.69. The van der Waals surface area contributed by atoms with Crippen LogP contribution in [0.2, 0.25) is 0 Å². The highest BCUT2D eigenvalue weighted by Gasteiger charge is 2.11. The number of methoxy groups -OCH3 is 1. The molecule has 0 aliphatic rings. The largest absolute Gasteiger partial charge is 0.496 e. The van der Waals surface area contributed by atoms with Gasteiger partial charge in [0.15, 0.2) is 0 Å². The molecule has 1 unspecified atom stereocenters. The summed E-state index contributed by atoms with van der Waals surface area (Å²) >= 11 is 0. The van der Waals surface area contributed by atoms with Gasteiger partial charge in [0.2, 0.25) is 0 Å². The fourth-order valence-electron chi connectivity index (χ4n) is 1.58. The fourth-order valence-corrected chi connectivity index (χ4v) is 1.58. The van der Waals surface area contributed by atoms with Crippen LogP contribution in [0.15, 0.2) is 24.3 Å². The number of carbonyl (C=O) groups excluding carboxylic acids is 1. The van der Waals surface area contributed by atoms with Crippen LogP contribution in [0, 0.1) is 0 Å². The standard InChI is InChI=1S/C13H19NO2/c1-3-11(14)12(15)9-8-10-6-4-5-7-13(10)16-2/h4-7,11H,3,8-9,14H2,1-2H3. The van der Waals surface area contributed by atoms with E-state index in [1.54, 1.807) is 7.11 Å². The summed E-state index contributed by atoms with van der Waals surface area (Å²) in [5, 5.41) is 0. The summed E-state index contributed by atoms with van der Waals surface area (Å²) in [5.41, 5.74) is 6.73. The second-order valence-electron chi connectivity index (χ2n) is 3.79. The molecule has 0 saturated carbocycles. The summed E-state index contributed by atoms with van der Waals surface area (Å²) in [5.74, 6) is 0.953. The molecule has 0 fully saturated rings. The zero-order valence-corrected chi connectivity index (χ0v) is 9.90. The summed E-state index contributed by atoms with van der Waals surface area (Å²) in [6.07, 6.45) is 1.87. The van der Waals surface area contributed by atoms with Gasteiger partial charge in [0, 0.05) is 6.42 Å². The number of hydrogen-bond acceptors (Lipinski definition) is 3. The average molecular weight is 221 g/mol. The van der Waals surface area contributed by atoms with Crippen LogP contribution in [-0.4, -0.2) is 18.9 Å². The maximum atomic E-state index is 11.6. The van der Waals surface area contributed by atoms with E-state index in [9.17, 15) is 4.79 Å². The molecule has 1 aromatic rings. The maximum absolute atomic E-state index is 11.6. The zero-order valence-electron chi connectivity index (χ0n) is 9.90. The molecule has 1 atom stereocenters. The van der Waals surface area contributed by atoms with E-state index in [0.29, 0.717) is 19.3 Å². The predicted molar refractivity (Wildman–Crippen MR) is 64.6 cm³/mol. The molecular weight excluding hydrogens is 202 g/mol. The minimum absolute atomic E-state index is 0.119. The van der Waals surface area contributed by atoms with E-state index >= 15 is 0 Å². The number of para-hydroxylation sites is 1. The van der Waals surface area contributed by atoms with Crippen LogP contribution >= 0.6 is 0 Å². The number of rotatable bonds is 6. The molecule has 0 spiro atoms. The SMILES string of the molecule is CCC(N)C(=O)CCc1ccccc1OC. The number of nitrogens with two attached hydrogens (primary N) is 1. The number of carbonyl (C=O) groups is 1. The van der Waals surface area contributed by atoms with Crippen LogP contribution < -0.4 is 10.5 Å². The molecule has 3 heteroatoms. The second-order valence-corrected chi connectivity index (χ2v) is 3.79. The monoisotopic (exact) mass is 221 g/mol. The molecule has 0 aliphatic heterocycles. The van der Waals surface area contributed by atoms with Crippen molar-refractivity contribution >= 4 is 5.78 Å². The molecular formula is C13H19NO2. The van der Waals surface area contributed by atoms with Crippen molar-refractivity contribution in [3.63, 3.8) is 0 Å². The Bertz CT molecular complexity index is 350. The van der Waals surface area contributed by atoms with Crippen LogP contribution in [-0.2, 0) is 11.2 Å². The summed E-state index contributed by atoms with van der Waals surface area (Å²) in [6.45, 7) is 1.92. The van der Waals surface area contributed by atoms with Gasteiger partial charge in [0.1, 0.15) is 11.5 Å². The number of hydrogen-bond donors (Lipinski definition) is 1. The van der Waals surface area contributed by atoms with Gasteiger partial charge in [-0.15, -0.1) is 0 Å². The minimum atomic E-state index is -0.324. The van der Waals surface area contributed by atoms with E-state index in [0.717, 1.165) is 11.3 Å². The van der Waals surface area contributed by atoms with E-state index in [1.807, 2.05) is 31.2 Å². The van der Waals surface area contributed by atoms with Gasteiger partial charge >= 0.3 is 0 Å². The van der Waals surface area contributed by atoms with Crippen molar-refractivity contribution in [2.24, 2.45) is 5.73 Å². The van der Waals surface area contributed by atoms with Gasteiger partial charge in [-0.1, -0.05) is 25.1 Å². The van der Waals surface area contributed by atoms with Gasteiger partial charge in [-0.2, -0.15) is 0 Å². The summed E-state index contributed by atoms with van der Waals surface area (Å²) in [6, 6.07) is 7.42. The minimum Gasteiger partial charge on any atom is -0.496 e. The lowest BCUT2D eigenvalue weighted by Crippen LogP contribution is -2.29. The van der Waals surface area contributed by atoms with Crippen LogP contribution in [0.4, 0.5) is 0 Å². The predicted octanol–water partition coefficient (Wildman–Crippen LogP) is 1.93. The quantitative estimate of drug-likeness (QED) is 0.798. The smallest absolute Gasteiger partial charge is 0.149 e. The van der Waals surface area contributed by atoms with Gasteiger partial charge in [0.25, 0.3) is 0 Å². The number of Topliss-reactive ketones (excluding diaryl/α,β-unsaturated/α-hetero) is 1. The van der Waals surface area contributed by atoms with Crippen molar-refractivity contribution in [1.29, 1.82) is 0 Å². The topological polar surface area (TPSA) is 52.3 Å². The first-order chi connectivity index (χ1) is 7.69. The molecule has 0 bridgehead atoms. The van der Waals surface area contributed by atoms with Gasteiger partial charge in [-0.05, 0) is 24.5 Å². The lowest BCUT2D eigenvalue weighted by atomic mass is 10.0.